The zero-order chi connectivity index (χ0) is 38.9. The summed E-state index contributed by atoms with van der Waals surface area (Å²) in [5.74, 6) is 0.441. The third-order valence-corrected chi connectivity index (χ3v) is 8.42. The molecule has 6 aromatic rings. The van der Waals surface area contributed by atoms with E-state index >= 15 is 0 Å². The van der Waals surface area contributed by atoms with Gasteiger partial charge in [-0.25, -0.2) is 0 Å². The summed E-state index contributed by atoms with van der Waals surface area (Å²) in [5, 5.41) is 40.8. The van der Waals surface area contributed by atoms with Crippen molar-refractivity contribution in [1.29, 1.82) is 0 Å². The Bertz CT molecular complexity index is 2500. The lowest BCUT2D eigenvalue weighted by Gasteiger charge is -2.14. The Balaban J connectivity index is 1.12. The first-order valence-electron chi connectivity index (χ1n) is 17.0. The second kappa shape index (κ2) is 17.2. The molecule has 0 aliphatic heterocycles. The monoisotopic (exact) mass is 752 g/mol. The molecule has 0 amide bonds. The van der Waals surface area contributed by atoms with Crippen molar-refractivity contribution in [2.45, 2.75) is 0 Å². The summed E-state index contributed by atoms with van der Waals surface area (Å²) in [6.07, 6.45) is 6.92. The summed E-state index contributed by atoms with van der Waals surface area (Å²) < 4.78 is 0. The number of rotatable bonds is 14. The zero-order valence-corrected chi connectivity index (χ0v) is 31.3. The molecule has 55 heavy (non-hydrogen) atoms. The van der Waals surface area contributed by atoms with Crippen LogP contribution in [0.25, 0.3) is 21.5 Å². The first-order chi connectivity index (χ1) is 26.6. The molecule has 6 rings (SSSR count). The number of allylic oxidation sites excluding steroid dienone is 3. The van der Waals surface area contributed by atoms with Crippen LogP contribution in [0, 0.1) is 4.91 Å². The van der Waals surface area contributed by atoms with Gasteiger partial charge in [0.15, 0.2) is 0 Å². The molecule has 276 valence electrons. The third-order valence-electron chi connectivity index (χ3n) is 8.25. The first kappa shape index (κ1) is 37.7. The van der Waals surface area contributed by atoms with E-state index in [2.05, 4.69) is 57.8 Å². The van der Waals surface area contributed by atoms with Gasteiger partial charge in [0.1, 0.15) is 22.8 Å². The van der Waals surface area contributed by atoms with Gasteiger partial charge in [0.05, 0.1) is 12.2 Å². The van der Waals surface area contributed by atoms with E-state index in [1.807, 2.05) is 86.5 Å². The van der Waals surface area contributed by atoms with Crippen molar-refractivity contribution >= 4 is 84.9 Å². The van der Waals surface area contributed by atoms with Gasteiger partial charge in [-0.2, -0.15) is 30.3 Å². The highest BCUT2D eigenvalue weighted by Gasteiger charge is 2.12. The predicted octanol–water partition coefficient (Wildman–Crippen LogP) is 11.0. The molecule has 0 aliphatic carbocycles. The van der Waals surface area contributed by atoms with Crippen molar-refractivity contribution in [2.75, 3.05) is 55.2 Å². The van der Waals surface area contributed by atoms with Crippen LogP contribution in [0.2, 0.25) is 5.28 Å². The number of nitrogens with zero attached hydrogens (tertiary/aromatic N) is 10. The molecule has 0 fully saturated rings. The highest BCUT2D eigenvalue weighted by Crippen LogP contribution is 2.39. The summed E-state index contributed by atoms with van der Waals surface area (Å²) in [4.78, 5) is 28.4. The summed E-state index contributed by atoms with van der Waals surface area (Å²) in [6.45, 7) is 4.02. The summed E-state index contributed by atoms with van der Waals surface area (Å²) in [5.41, 5.74) is 4.75. The van der Waals surface area contributed by atoms with Crippen LogP contribution in [0.3, 0.4) is 0 Å². The maximum atomic E-state index is 11.6. The SMILES string of the molecule is C=C/C=C(\C=C/C/N=N/c1c(O)ccc2ccc(N(C)C)cc12)Nc1nc(Cl)nc(Nc2ccc(/N=N/c3c(N=O)ccc4ccc(N(C)C)cc34)cc2)n1. The third kappa shape index (κ3) is 9.30. The van der Waals surface area contributed by atoms with Crippen molar-refractivity contribution < 1.29 is 5.11 Å². The minimum Gasteiger partial charge on any atom is -0.506 e. The molecule has 15 heteroatoms. The standard InChI is InChI=1S/C40H37ClN12O2/c1-6-8-27(9-7-22-42-49-37-33-24-31(53(4)5)19-11-26(33)13-21-35(37)54)43-39-45-38(41)46-40(47-39)44-28-14-16-29(17-15-28)48-50-36-32-23-30(52(2)3)18-10-25(32)12-20-34(36)51-55/h6-21,23-24,54H,1,22H2,2-5H3,(H2,43,44,45,46,47)/b9-7-,27-8+,49-42+,50-48+. The molecule has 3 N–H and O–H groups in total. The molecular weight excluding hydrogens is 716 g/mol. The molecule has 0 radical (unpaired) electrons. The first-order valence-corrected chi connectivity index (χ1v) is 17.3. The van der Waals surface area contributed by atoms with Gasteiger partial charge >= 0.3 is 0 Å². The van der Waals surface area contributed by atoms with Gasteiger partial charge in [-0.3, -0.25) is 0 Å². The Morgan fingerprint density at radius 1 is 0.800 bits per heavy atom. The lowest BCUT2D eigenvalue weighted by molar-refractivity contribution is 0.477. The molecular formula is C40H37ClN12O2. The van der Waals surface area contributed by atoms with Crippen LogP contribution in [0.5, 0.6) is 5.75 Å². The molecule has 5 aromatic carbocycles. The van der Waals surface area contributed by atoms with Crippen molar-refractivity contribution in [1.82, 2.24) is 15.0 Å². The molecule has 0 spiro atoms. The normalized spacial score (nSPS) is 11.9. The molecule has 14 nitrogen and oxygen atoms in total. The van der Waals surface area contributed by atoms with Crippen molar-refractivity contribution in [3.05, 3.63) is 132 Å². The summed E-state index contributed by atoms with van der Waals surface area (Å²) >= 11 is 6.27. The Kier molecular flexibility index (Phi) is 11.8. The van der Waals surface area contributed by atoms with Gasteiger partial charge in [-0.1, -0.05) is 43.0 Å². The van der Waals surface area contributed by atoms with Gasteiger partial charge < -0.3 is 25.5 Å². The maximum absolute atomic E-state index is 11.6. The van der Waals surface area contributed by atoms with Crippen LogP contribution in [0.15, 0.2) is 147 Å². The average molecular weight is 753 g/mol. The van der Waals surface area contributed by atoms with Crippen molar-refractivity contribution in [3.63, 3.8) is 0 Å². The Morgan fingerprint density at radius 3 is 2.09 bits per heavy atom. The van der Waals surface area contributed by atoms with Crippen LogP contribution in [-0.2, 0) is 0 Å². The Morgan fingerprint density at radius 2 is 1.44 bits per heavy atom. The highest BCUT2D eigenvalue weighted by molar-refractivity contribution is 6.28. The molecule has 0 bridgehead atoms. The number of phenols is 1. The number of benzene rings is 5. The van der Waals surface area contributed by atoms with E-state index in [1.165, 1.54) is 0 Å². The van der Waals surface area contributed by atoms with E-state index < -0.39 is 0 Å². The fraction of sp³-hybridized carbons (Fsp3) is 0.125. The molecule has 1 heterocycles. The molecule has 0 saturated heterocycles. The van der Waals surface area contributed by atoms with E-state index in [0.717, 1.165) is 32.9 Å². The van der Waals surface area contributed by atoms with Gasteiger partial charge in [0.2, 0.25) is 17.2 Å². The number of anilines is 5. The fourth-order valence-electron chi connectivity index (χ4n) is 5.44. The molecule has 0 atom stereocenters. The lowest BCUT2D eigenvalue weighted by atomic mass is 10.1. The second-order valence-electron chi connectivity index (χ2n) is 12.5. The highest BCUT2D eigenvalue weighted by atomic mass is 35.5. The minimum atomic E-state index is -0.0272. The van der Waals surface area contributed by atoms with Gasteiger partial charge in [-0.15, -0.1) is 10.0 Å². The van der Waals surface area contributed by atoms with Crippen LogP contribution in [0.1, 0.15) is 0 Å². The van der Waals surface area contributed by atoms with Crippen LogP contribution < -0.4 is 20.4 Å². The number of hydrogen-bond acceptors (Lipinski definition) is 14. The van der Waals surface area contributed by atoms with E-state index in [9.17, 15) is 10.0 Å². The quantitative estimate of drug-likeness (QED) is 0.0557. The number of halogens is 1. The molecule has 0 unspecified atom stereocenters. The average Bonchev–Trinajstić information content (AvgIpc) is 3.17. The van der Waals surface area contributed by atoms with Crippen molar-refractivity contribution in [2.24, 2.45) is 25.6 Å². The van der Waals surface area contributed by atoms with E-state index in [-0.39, 0.29) is 35.2 Å². The van der Waals surface area contributed by atoms with Gasteiger partial charge in [-0.05, 0) is 100 Å². The summed E-state index contributed by atoms with van der Waals surface area (Å²) in [7, 11) is 7.79. The number of hydrogen-bond donors (Lipinski definition) is 3. The number of azo groups is 2. The van der Waals surface area contributed by atoms with Crippen LogP contribution in [-0.4, -0.2) is 54.8 Å². The van der Waals surface area contributed by atoms with Crippen molar-refractivity contribution in [3.8, 4) is 5.75 Å². The van der Waals surface area contributed by atoms with Crippen LogP contribution in [0.4, 0.5) is 51.7 Å². The number of nitroso groups, excluding NO2 is 1. The fourth-order valence-corrected chi connectivity index (χ4v) is 5.60. The molecule has 0 saturated carbocycles. The second-order valence-corrected chi connectivity index (χ2v) is 12.8. The Labute approximate surface area is 322 Å². The van der Waals surface area contributed by atoms with Crippen LogP contribution >= 0.6 is 11.6 Å². The maximum Gasteiger partial charge on any atom is 0.233 e. The number of nitrogens with one attached hydrogen (secondary N) is 2. The van der Waals surface area contributed by atoms with E-state index in [4.69, 9.17) is 11.6 Å². The largest absolute Gasteiger partial charge is 0.506 e. The zero-order valence-electron chi connectivity index (χ0n) is 30.5. The lowest BCUT2D eigenvalue weighted by Crippen LogP contribution is -2.07. The van der Waals surface area contributed by atoms with Gasteiger partial charge in [0, 0.05) is 61.7 Å². The topological polar surface area (TPSA) is 168 Å². The van der Waals surface area contributed by atoms with E-state index in [1.54, 1.807) is 60.7 Å². The number of aromatic nitrogens is 3. The predicted molar refractivity (Wildman–Crippen MR) is 223 cm³/mol. The van der Waals surface area contributed by atoms with E-state index in [0.29, 0.717) is 28.4 Å². The Hall–Kier alpha value is -7.06. The van der Waals surface area contributed by atoms with Gasteiger partial charge in [0.25, 0.3) is 0 Å². The summed E-state index contributed by atoms with van der Waals surface area (Å²) in [6, 6.07) is 25.9. The number of phenolic OH excluding ortho intramolecular Hbond substituents is 1. The molecule has 0 aliphatic rings. The minimum absolute atomic E-state index is 0.0272. The smallest absolute Gasteiger partial charge is 0.233 e. The molecule has 1 aromatic heterocycles. The number of fused-ring (bicyclic) bond motifs is 2. The number of aromatic hydroxyl groups is 1.